The number of carbonyl (C=O) groups is 1. The molecule has 0 aliphatic rings. The number of halogens is 2. The molecule has 1 aromatic heterocycles. The van der Waals surface area contributed by atoms with Crippen molar-refractivity contribution < 1.29 is 14.4 Å². The van der Waals surface area contributed by atoms with Gasteiger partial charge in [0.25, 0.3) is 6.29 Å². The minimum atomic E-state index is -0.427. The largest absolute Gasteiger partial charge is 0.398 e. The molecule has 1 amide bonds. The van der Waals surface area contributed by atoms with Crippen LogP contribution in [0.25, 0.3) is 0 Å². The number of rotatable bonds is 5. The van der Waals surface area contributed by atoms with Crippen LogP contribution < -0.4 is 5.32 Å². The number of carbonyl (C=O) groups excluding carboxylic acids is 2. The average molecular weight is 295 g/mol. The van der Waals surface area contributed by atoms with Gasteiger partial charge in [-0.2, -0.15) is 0 Å². The van der Waals surface area contributed by atoms with E-state index in [4.69, 9.17) is 23.2 Å². The maximum absolute atomic E-state index is 11.0. The fraction of sp³-hybridized carbons (Fsp3) is 0.250. The van der Waals surface area contributed by atoms with E-state index in [9.17, 15) is 9.59 Å². The van der Waals surface area contributed by atoms with E-state index < -0.39 is 5.91 Å². The maximum Gasteiger partial charge on any atom is 0.259 e. The second-order valence-electron chi connectivity index (χ2n) is 2.55. The number of hydrogen-bond acceptors (Lipinski definition) is 6. The van der Waals surface area contributed by atoms with E-state index >= 15 is 0 Å². The van der Waals surface area contributed by atoms with Crippen molar-refractivity contribution in [1.82, 2.24) is 4.98 Å². The molecule has 0 saturated heterocycles. The number of amides is 1. The Morgan fingerprint density at radius 2 is 2.41 bits per heavy atom. The molecule has 1 N–H and O–H groups in total. The lowest BCUT2D eigenvalue weighted by atomic mass is 10.3. The number of nitrogens with one attached hydrogen (secondary N) is 1. The molecule has 0 saturated carbocycles. The van der Waals surface area contributed by atoms with E-state index in [1.807, 2.05) is 0 Å². The Morgan fingerprint density at radius 1 is 1.71 bits per heavy atom. The molecule has 91 valence electrons. The van der Waals surface area contributed by atoms with E-state index in [1.165, 1.54) is 13.4 Å². The average Bonchev–Trinajstić information content (AvgIpc) is 2.66. The Bertz CT molecular complexity index is 461. The number of anilines is 1. The van der Waals surface area contributed by atoms with E-state index in [0.717, 1.165) is 11.3 Å². The van der Waals surface area contributed by atoms with Gasteiger partial charge in [-0.3, -0.25) is 9.59 Å². The molecule has 0 spiro atoms. The second-order valence-corrected chi connectivity index (χ2v) is 4.42. The van der Waals surface area contributed by atoms with Gasteiger partial charge in [0.2, 0.25) is 5.91 Å². The van der Waals surface area contributed by atoms with E-state index in [0.29, 0.717) is 0 Å². The molecule has 9 heteroatoms. The SMILES string of the molecule is CON=C([C]=O)c1nc(NC(=O)CCl)sc1Cl. The minimum absolute atomic E-state index is 0.0957. The third-order valence-electron chi connectivity index (χ3n) is 1.46. The lowest BCUT2D eigenvalue weighted by Crippen LogP contribution is -2.12. The first-order valence-electron chi connectivity index (χ1n) is 4.14. The van der Waals surface area contributed by atoms with E-state index in [1.54, 1.807) is 0 Å². The molecule has 0 aliphatic carbocycles. The third kappa shape index (κ3) is 3.65. The summed E-state index contributed by atoms with van der Waals surface area (Å²) in [6.45, 7) is 0. The lowest BCUT2D eigenvalue weighted by molar-refractivity contribution is -0.113. The van der Waals surface area contributed by atoms with E-state index in [2.05, 4.69) is 20.3 Å². The summed E-state index contributed by atoms with van der Waals surface area (Å²) in [5.74, 6) is -0.630. The van der Waals surface area contributed by atoms with Crippen LogP contribution in [-0.4, -0.2) is 35.9 Å². The van der Waals surface area contributed by atoms with Crippen LogP contribution in [0.1, 0.15) is 5.69 Å². The number of alkyl halides is 1. The number of oxime groups is 1. The van der Waals surface area contributed by atoms with Crippen molar-refractivity contribution in [3.8, 4) is 0 Å². The van der Waals surface area contributed by atoms with Gasteiger partial charge in [-0.25, -0.2) is 4.98 Å². The van der Waals surface area contributed by atoms with Crippen LogP contribution in [0.3, 0.4) is 0 Å². The summed E-state index contributed by atoms with van der Waals surface area (Å²) in [7, 11) is 1.27. The summed E-state index contributed by atoms with van der Waals surface area (Å²) in [5.41, 5.74) is -0.0847. The minimum Gasteiger partial charge on any atom is -0.398 e. The molecule has 6 nitrogen and oxygen atoms in total. The maximum atomic E-state index is 11.0. The third-order valence-corrected chi connectivity index (χ3v) is 2.87. The summed E-state index contributed by atoms with van der Waals surface area (Å²) < 4.78 is 0.189. The van der Waals surface area contributed by atoms with Gasteiger partial charge in [-0.05, 0) is 0 Å². The number of nitrogens with zero attached hydrogens (tertiary/aromatic N) is 2. The van der Waals surface area contributed by atoms with Crippen LogP contribution in [0.5, 0.6) is 0 Å². The predicted octanol–water partition coefficient (Wildman–Crippen LogP) is 1.43. The van der Waals surface area contributed by atoms with Crippen molar-refractivity contribution in [3.05, 3.63) is 10.0 Å². The quantitative estimate of drug-likeness (QED) is 0.506. The molecule has 1 radical (unpaired) electrons. The highest BCUT2D eigenvalue weighted by molar-refractivity contribution is 7.20. The monoisotopic (exact) mass is 294 g/mol. The van der Waals surface area contributed by atoms with Gasteiger partial charge in [0, 0.05) is 0 Å². The Hall–Kier alpha value is -1.18. The van der Waals surface area contributed by atoms with Crippen LogP contribution in [0.15, 0.2) is 5.16 Å². The highest BCUT2D eigenvalue weighted by Gasteiger charge is 2.17. The van der Waals surface area contributed by atoms with E-state index in [-0.39, 0.29) is 26.8 Å². The first kappa shape index (κ1) is 13.9. The highest BCUT2D eigenvalue weighted by atomic mass is 35.5. The van der Waals surface area contributed by atoms with Gasteiger partial charge < -0.3 is 10.2 Å². The van der Waals surface area contributed by atoms with Gasteiger partial charge in [-0.1, -0.05) is 28.1 Å². The van der Waals surface area contributed by atoms with Crippen LogP contribution in [-0.2, 0) is 14.4 Å². The number of hydrogen-bond donors (Lipinski definition) is 1. The molecule has 0 atom stereocenters. The molecule has 1 heterocycles. The first-order chi connectivity index (χ1) is 8.12. The van der Waals surface area contributed by atoms with Crippen molar-refractivity contribution in [2.24, 2.45) is 5.16 Å². The summed E-state index contributed by atoms with van der Waals surface area (Å²) in [4.78, 5) is 30.0. The van der Waals surface area contributed by atoms with Crippen LogP contribution in [0.4, 0.5) is 5.13 Å². The highest BCUT2D eigenvalue weighted by Crippen LogP contribution is 2.28. The topological polar surface area (TPSA) is 80.7 Å². The molecule has 0 aromatic carbocycles. The number of thiazole rings is 1. The Kier molecular flexibility index (Phi) is 5.33. The van der Waals surface area contributed by atoms with Gasteiger partial charge in [0.15, 0.2) is 10.8 Å². The van der Waals surface area contributed by atoms with Crippen molar-refractivity contribution in [1.29, 1.82) is 0 Å². The van der Waals surface area contributed by atoms with Crippen LogP contribution in [0.2, 0.25) is 4.34 Å². The summed E-state index contributed by atoms with van der Waals surface area (Å²) in [5, 5.41) is 6.02. The lowest BCUT2D eigenvalue weighted by Gasteiger charge is -1.95. The first-order valence-corrected chi connectivity index (χ1v) is 5.87. The molecule has 0 aliphatic heterocycles. The zero-order chi connectivity index (χ0) is 12.8. The second kappa shape index (κ2) is 6.53. The Labute approximate surface area is 111 Å². The van der Waals surface area contributed by atoms with Gasteiger partial charge >= 0.3 is 0 Å². The molecule has 0 bridgehead atoms. The van der Waals surface area contributed by atoms with Crippen molar-refractivity contribution >= 4 is 57.6 Å². The van der Waals surface area contributed by atoms with Gasteiger partial charge in [-0.15, -0.1) is 11.6 Å². The number of aromatic nitrogens is 1. The molecular formula is C8H6Cl2N3O3S. The zero-order valence-electron chi connectivity index (χ0n) is 8.49. The standard InChI is InChI=1S/C8H6Cl2N3O3S/c1-16-13-4(3-14)6-7(10)17-8(12-6)11-5(15)2-9/h2H2,1H3,(H,11,12,15). The predicted molar refractivity (Wildman–Crippen MR) is 65.7 cm³/mol. The van der Waals surface area contributed by atoms with Crippen LogP contribution >= 0.6 is 34.5 Å². The Morgan fingerprint density at radius 3 is 2.94 bits per heavy atom. The molecule has 0 unspecified atom stereocenters. The molecular weight excluding hydrogens is 289 g/mol. The zero-order valence-corrected chi connectivity index (χ0v) is 10.8. The van der Waals surface area contributed by atoms with Crippen molar-refractivity contribution in [2.75, 3.05) is 18.3 Å². The smallest absolute Gasteiger partial charge is 0.259 e. The van der Waals surface area contributed by atoms with Crippen LogP contribution in [0, 0.1) is 0 Å². The molecule has 0 fully saturated rings. The molecule has 17 heavy (non-hydrogen) atoms. The normalized spacial score (nSPS) is 11.1. The summed E-state index contributed by atoms with van der Waals surface area (Å²) in [6.07, 6.45) is 1.54. The molecule has 1 aromatic rings. The summed E-state index contributed by atoms with van der Waals surface area (Å²) >= 11 is 12.1. The Balaban J connectivity index is 2.99. The fourth-order valence-corrected chi connectivity index (χ4v) is 1.98. The van der Waals surface area contributed by atoms with Crippen molar-refractivity contribution in [2.45, 2.75) is 0 Å². The van der Waals surface area contributed by atoms with Gasteiger partial charge in [0.1, 0.15) is 23.0 Å². The van der Waals surface area contributed by atoms with Crippen molar-refractivity contribution in [3.63, 3.8) is 0 Å². The van der Waals surface area contributed by atoms with Gasteiger partial charge in [0.05, 0.1) is 0 Å². The summed E-state index contributed by atoms with van der Waals surface area (Å²) in [6, 6.07) is 0. The fourth-order valence-electron chi connectivity index (χ4n) is 0.855. The molecule has 1 rings (SSSR count).